The highest BCUT2D eigenvalue weighted by molar-refractivity contribution is 7.14. The van der Waals surface area contributed by atoms with Gasteiger partial charge in [0, 0.05) is 24.3 Å². The van der Waals surface area contributed by atoms with E-state index in [1.807, 2.05) is 19.9 Å². The molecule has 0 aromatic carbocycles. The number of thiophene rings is 1. The van der Waals surface area contributed by atoms with Crippen LogP contribution in [0.5, 0.6) is 0 Å². The number of hydrogen-bond acceptors (Lipinski definition) is 4. The van der Waals surface area contributed by atoms with Gasteiger partial charge in [-0.1, -0.05) is 13.3 Å². The number of amides is 1. The Hall–Kier alpha value is -1.20. The lowest BCUT2D eigenvalue weighted by atomic mass is 10.1. The van der Waals surface area contributed by atoms with Crippen molar-refractivity contribution in [2.45, 2.75) is 45.6 Å². The molecule has 1 aromatic rings. The largest absolute Gasteiger partial charge is 0.391 e. The number of nitrogens with one attached hydrogen (secondary N) is 1. The Morgan fingerprint density at radius 3 is 2.68 bits per heavy atom. The molecule has 0 aliphatic carbocycles. The van der Waals surface area contributed by atoms with E-state index in [-0.39, 0.29) is 31.1 Å². The van der Waals surface area contributed by atoms with Gasteiger partial charge in [0.25, 0.3) is 0 Å². The van der Waals surface area contributed by atoms with E-state index in [1.54, 1.807) is 6.07 Å². The molecule has 0 aliphatic heterocycles. The summed E-state index contributed by atoms with van der Waals surface area (Å²) in [5.74, 6) is -0.181. The lowest BCUT2D eigenvalue weighted by Crippen LogP contribution is -2.32. The van der Waals surface area contributed by atoms with Crippen molar-refractivity contribution in [2.75, 3.05) is 6.54 Å². The predicted octanol–water partition coefficient (Wildman–Crippen LogP) is 2.30. The van der Waals surface area contributed by atoms with Crippen molar-refractivity contribution in [2.24, 2.45) is 0 Å². The van der Waals surface area contributed by atoms with E-state index >= 15 is 0 Å². The first-order chi connectivity index (χ1) is 9.02. The summed E-state index contributed by atoms with van der Waals surface area (Å²) in [6, 6.07) is 3.70. The molecule has 1 unspecified atom stereocenters. The second-order valence-corrected chi connectivity index (χ2v) is 5.87. The minimum Gasteiger partial charge on any atom is -0.391 e. The van der Waals surface area contributed by atoms with Gasteiger partial charge in [0.1, 0.15) is 0 Å². The monoisotopic (exact) mass is 283 g/mol. The van der Waals surface area contributed by atoms with Crippen LogP contribution in [0.2, 0.25) is 0 Å². The van der Waals surface area contributed by atoms with Crippen LogP contribution in [-0.4, -0.2) is 29.4 Å². The lowest BCUT2D eigenvalue weighted by Gasteiger charge is -2.10. The molecule has 1 heterocycles. The molecule has 106 valence electrons. The topological polar surface area (TPSA) is 66.4 Å². The summed E-state index contributed by atoms with van der Waals surface area (Å²) in [6.07, 6.45) is 1.45. The molecule has 0 aliphatic rings. The van der Waals surface area contributed by atoms with Crippen molar-refractivity contribution in [3.63, 3.8) is 0 Å². The van der Waals surface area contributed by atoms with Crippen LogP contribution in [0.4, 0.5) is 0 Å². The number of ketones is 1. The normalized spacial score (nSPS) is 12.2. The molecule has 0 radical (unpaired) electrons. The molecule has 1 amide bonds. The minimum absolute atomic E-state index is 0.00218. The van der Waals surface area contributed by atoms with Crippen LogP contribution in [0.1, 0.15) is 47.2 Å². The van der Waals surface area contributed by atoms with Crippen molar-refractivity contribution in [3.05, 3.63) is 21.9 Å². The second-order valence-electron chi connectivity index (χ2n) is 4.58. The maximum atomic E-state index is 11.8. The first kappa shape index (κ1) is 15.9. The number of carbonyl (C=O) groups is 2. The summed E-state index contributed by atoms with van der Waals surface area (Å²) in [7, 11) is 0. The highest BCUT2D eigenvalue weighted by Crippen LogP contribution is 2.17. The Bertz CT molecular complexity index is 428. The molecule has 0 fully saturated rings. The van der Waals surface area contributed by atoms with Crippen LogP contribution in [0.3, 0.4) is 0 Å². The highest BCUT2D eigenvalue weighted by atomic mass is 32.1. The molecule has 5 heteroatoms. The van der Waals surface area contributed by atoms with Crippen LogP contribution in [0, 0.1) is 6.92 Å². The second kappa shape index (κ2) is 8.07. The van der Waals surface area contributed by atoms with E-state index in [4.69, 9.17) is 0 Å². The van der Waals surface area contributed by atoms with Crippen molar-refractivity contribution in [3.8, 4) is 0 Å². The number of hydrogen-bond donors (Lipinski definition) is 2. The SMILES string of the molecule is CCCC(O)CNC(=O)CCC(=O)c1ccc(C)s1. The van der Waals surface area contributed by atoms with E-state index in [2.05, 4.69) is 5.32 Å². The number of rotatable bonds is 8. The Kier molecular flexibility index (Phi) is 6.73. The number of aliphatic hydroxyl groups is 1. The zero-order chi connectivity index (χ0) is 14.3. The molecule has 0 saturated carbocycles. The fourth-order valence-electron chi connectivity index (χ4n) is 1.69. The molecule has 1 atom stereocenters. The van der Waals surface area contributed by atoms with E-state index in [0.717, 1.165) is 11.3 Å². The van der Waals surface area contributed by atoms with Crippen molar-refractivity contribution >= 4 is 23.0 Å². The standard InChI is InChI=1S/C14H21NO3S/c1-3-4-11(16)9-15-14(18)8-6-12(17)13-7-5-10(2)19-13/h5,7,11,16H,3-4,6,8-9H2,1-2H3,(H,15,18). The molecule has 1 rings (SSSR count). The first-order valence-corrected chi connectivity index (χ1v) is 7.39. The Morgan fingerprint density at radius 2 is 2.11 bits per heavy atom. The number of carbonyl (C=O) groups excluding carboxylic acids is 2. The smallest absolute Gasteiger partial charge is 0.220 e. The fourth-order valence-corrected chi connectivity index (χ4v) is 2.52. The van der Waals surface area contributed by atoms with Gasteiger partial charge in [-0.2, -0.15) is 0 Å². The van der Waals surface area contributed by atoms with Gasteiger partial charge in [-0.3, -0.25) is 9.59 Å². The van der Waals surface area contributed by atoms with Gasteiger partial charge in [0.15, 0.2) is 5.78 Å². The van der Waals surface area contributed by atoms with Crippen LogP contribution < -0.4 is 5.32 Å². The number of aliphatic hydroxyl groups excluding tert-OH is 1. The van der Waals surface area contributed by atoms with Crippen LogP contribution in [0.25, 0.3) is 0 Å². The van der Waals surface area contributed by atoms with Crippen LogP contribution in [0.15, 0.2) is 12.1 Å². The minimum atomic E-state index is -0.496. The van der Waals surface area contributed by atoms with Gasteiger partial charge < -0.3 is 10.4 Å². The fraction of sp³-hybridized carbons (Fsp3) is 0.571. The summed E-state index contributed by atoms with van der Waals surface area (Å²) >= 11 is 1.45. The average Bonchev–Trinajstić information content (AvgIpc) is 2.80. The quantitative estimate of drug-likeness (QED) is 0.719. The van der Waals surface area contributed by atoms with Gasteiger partial charge in [0.05, 0.1) is 11.0 Å². The Labute approximate surface area is 117 Å². The third-order valence-electron chi connectivity index (χ3n) is 2.75. The van der Waals surface area contributed by atoms with E-state index in [9.17, 15) is 14.7 Å². The maximum Gasteiger partial charge on any atom is 0.220 e. The Morgan fingerprint density at radius 1 is 1.37 bits per heavy atom. The van der Waals surface area contributed by atoms with Gasteiger partial charge in [0.2, 0.25) is 5.91 Å². The maximum absolute atomic E-state index is 11.8. The van der Waals surface area contributed by atoms with Crippen molar-refractivity contribution in [1.82, 2.24) is 5.32 Å². The van der Waals surface area contributed by atoms with E-state index < -0.39 is 6.10 Å². The molecular weight excluding hydrogens is 262 g/mol. The van der Waals surface area contributed by atoms with E-state index in [1.165, 1.54) is 11.3 Å². The summed E-state index contributed by atoms with van der Waals surface area (Å²) < 4.78 is 0. The van der Waals surface area contributed by atoms with Crippen LogP contribution >= 0.6 is 11.3 Å². The summed E-state index contributed by atoms with van der Waals surface area (Å²) in [5.41, 5.74) is 0. The zero-order valence-electron chi connectivity index (χ0n) is 11.4. The molecule has 1 aromatic heterocycles. The van der Waals surface area contributed by atoms with Gasteiger partial charge in [-0.25, -0.2) is 0 Å². The average molecular weight is 283 g/mol. The molecule has 19 heavy (non-hydrogen) atoms. The zero-order valence-corrected chi connectivity index (χ0v) is 12.3. The number of aryl methyl sites for hydroxylation is 1. The van der Waals surface area contributed by atoms with Gasteiger partial charge >= 0.3 is 0 Å². The van der Waals surface area contributed by atoms with Gasteiger partial charge in [-0.15, -0.1) is 11.3 Å². The predicted molar refractivity (Wildman–Crippen MR) is 76.5 cm³/mol. The lowest BCUT2D eigenvalue weighted by molar-refractivity contribution is -0.121. The van der Waals surface area contributed by atoms with E-state index in [0.29, 0.717) is 11.3 Å². The summed E-state index contributed by atoms with van der Waals surface area (Å²) in [4.78, 5) is 25.1. The molecule has 4 nitrogen and oxygen atoms in total. The molecular formula is C14H21NO3S. The number of Topliss-reactive ketones (excluding diaryl/α,β-unsaturated/α-hetero) is 1. The molecule has 2 N–H and O–H groups in total. The molecule has 0 saturated heterocycles. The molecule has 0 bridgehead atoms. The van der Waals surface area contributed by atoms with Crippen molar-refractivity contribution < 1.29 is 14.7 Å². The summed E-state index contributed by atoms with van der Waals surface area (Å²) in [6.45, 7) is 4.19. The molecule has 0 spiro atoms. The summed E-state index contributed by atoms with van der Waals surface area (Å²) in [5, 5.41) is 12.1. The highest BCUT2D eigenvalue weighted by Gasteiger charge is 2.11. The van der Waals surface area contributed by atoms with Gasteiger partial charge in [-0.05, 0) is 25.5 Å². The Balaban J connectivity index is 2.25. The third-order valence-corrected chi connectivity index (χ3v) is 3.79. The first-order valence-electron chi connectivity index (χ1n) is 6.57. The van der Waals surface area contributed by atoms with Crippen molar-refractivity contribution in [1.29, 1.82) is 0 Å². The third kappa shape index (κ3) is 5.98. The van der Waals surface area contributed by atoms with Crippen LogP contribution in [-0.2, 0) is 4.79 Å².